The normalized spacial score (nSPS) is 12.0. The van der Waals surface area contributed by atoms with Gasteiger partial charge in [-0.25, -0.2) is 0 Å². The molecule has 4 aromatic heterocycles. The number of aromatic nitrogens is 2. The van der Waals surface area contributed by atoms with Crippen molar-refractivity contribution in [2.75, 3.05) is 0 Å². The standard InChI is InChI=1S/C16H8N2O2S2/c19-15-9-6-8-10(16(20)18-12-2-4-22-14(8)12)5-7(9)13-11(17-15)1-3-21-13/h1-6H,(H,17,19)(H,18,20). The highest BCUT2D eigenvalue weighted by Gasteiger charge is 2.12. The Morgan fingerprint density at radius 3 is 1.59 bits per heavy atom. The molecule has 0 amide bonds. The van der Waals surface area contributed by atoms with E-state index in [1.807, 2.05) is 35.0 Å². The molecule has 22 heavy (non-hydrogen) atoms. The summed E-state index contributed by atoms with van der Waals surface area (Å²) in [6.45, 7) is 0. The topological polar surface area (TPSA) is 65.7 Å². The average molecular weight is 324 g/mol. The van der Waals surface area contributed by atoms with Crippen molar-refractivity contribution in [2.24, 2.45) is 0 Å². The Morgan fingerprint density at radius 2 is 1.14 bits per heavy atom. The van der Waals surface area contributed by atoms with Gasteiger partial charge in [-0.05, 0) is 35.0 Å². The second-order valence-electron chi connectivity index (χ2n) is 5.18. The molecule has 0 radical (unpaired) electrons. The summed E-state index contributed by atoms with van der Waals surface area (Å²) in [7, 11) is 0. The molecule has 4 nitrogen and oxygen atoms in total. The molecule has 1 aromatic carbocycles. The van der Waals surface area contributed by atoms with Gasteiger partial charge < -0.3 is 9.97 Å². The lowest BCUT2D eigenvalue weighted by molar-refractivity contribution is 1.34. The summed E-state index contributed by atoms with van der Waals surface area (Å²) < 4.78 is 2.00. The van der Waals surface area contributed by atoms with Gasteiger partial charge in [-0.15, -0.1) is 22.7 Å². The van der Waals surface area contributed by atoms with Crippen molar-refractivity contribution in [3.05, 3.63) is 55.7 Å². The Kier molecular flexibility index (Phi) is 2.24. The van der Waals surface area contributed by atoms with Crippen LogP contribution in [0.1, 0.15) is 0 Å². The van der Waals surface area contributed by atoms with E-state index in [1.165, 1.54) is 0 Å². The molecule has 4 heterocycles. The maximum Gasteiger partial charge on any atom is 0.256 e. The molecule has 0 saturated heterocycles. The molecule has 6 heteroatoms. The molecule has 0 fully saturated rings. The minimum Gasteiger partial charge on any atom is -0.321 e. The van der Waals surface area contributed by atoms with E-state index in [0.717, 1.165) is 31.2 Å². The summed E-state index contributed by atoms with van der Waals surface area (Å²) in [5, 5.41) is 6.81. The molecule has 0 spiro atoms. The van der Waals surface area contributed by atoms with Gasteiger partial charge in [0, 0.05) is 21.5 Å². The Morgan fingerprint density at radius 1 is 0.682 bits per heavy atom. The van der Waals surface area contributed by atoms with Gasteiger partial charge in [-0.2, -0.15) is 0 Å². The summed E-state index contributed by atoms with van der Waals surface area (Å²) in [6.07, 6.45) is 0. The number of thiophene rings is 2. The zero-order valence-corrected chi connectivity index (χ0v) is 12.7. The average Bonchev–Trinajstić information content (AvgIpc) is 3.15. The molecular weight excluding hydrogens is 316 g/mol. The molecule has 106 valence electrons. The molecule has 0 aliphatic carbocycles. The first kappa shape index (κ1) is 12.1. The molecule has 0 bridgehead atoms. The largest absolute Gasteiger partial charge is 0.321 e. The van der Waals surface area contributed by atoms with Crippen molar-refractivity contribution in [1.29, 1.82) is 0 Å². The summed E-state index contributed by atoms with van der Waals surface area (Å²) in [5.41, 5.74) is 1.39. The van der Waals surface area contributed by atoms with Crippen LogP contribution < -0.4 is 11.1 Å². The van der Waals surface area contributed by atoms with Gasteiger partial charge in [0.25, 0.3) is 11.1 Å². The fourth-order valence-electron chi connectivity index (χ4n) is 2.96. The zero-order chi connectivity index (χ0) is 14.8. The van der Waals surface area contributed by atoms with Crippen LogP contribution in [-0.4, -0.2) is 9.97 Å². The molecular formula is C16H8N2O2S2. The fraction of sp³-hybridized carbons (Fsp3) is 0. The molecule has 0 saturated carbocycles. The highest BCUT2D eigenvalue weighted by molar-refractivity contribution is 7.18. The van der Waals surface area contributed by atoms with E-state index in [2.05, 4.69) is 9.97 Å². The van der Waals surface area contributed by atoms with E-state index in [4.69, 9.17) is 0 Å². The SMILES string of the molecule is O=c1[nH]c2ccsc2c2cc3c(=O)[nH]c4ccsc4c3cc12. The summed E-state index contributed by atoms with van der Waals surface area (Å²) in [6, 6.07) is 7.46. The van der Waals surface area contributed by atoms with Crippen LogP contribution in [0.3, 0.4) is 0 Å². The number of rotatable bonds is 0. The van der Waals surface area contributed by atoms with Gasteiger partial charge >= 0.3 is 0 Å². The first-order chi connectivity index (χ1) is 10.7. The van der Waals surface area contributed by atoms with Gasteiger partial charge in [0.05, 0.1) is 20.4 Å². The molecule has 5 rings (SSSR count). The minimum atomic E-state index is -0.118. The Bertz CT molecular complexity index is 1220. The van der Waals surface area contributed by atoms with Crippen molar-refractivity contribution in [2.45, 2.75) is 0 Å². The van der Waals surface area contributed by atoms with Gasteiger partial charge in [0.1, 0.15) is 0 Å². The van der Waals surface area contributed by atoms with Crippen LogP contribution in [0.5, 0.6) is 0 Å². The predicted octanol–water partition coefficient (Wildman–Crippen LogP) is 3.80. The van der Waals surface area contributed by atoms with E-state index in [9.17, 15) is 9.59 Å². The second kappa shape index (κ2) is 4.06. The van der Waals surface area contributed by atoms with Gasteiger partial charge in [-0.3, -0.25) is 9.59 Å². The van der Waals surface area contributed by atoms with Crippen molar-refractivity contribution in [3.63, 3.8) is 0 Å². The van der Waals surface area contributed by atoms with E-state index >= 15 is 0 Å². The van der Waals surface area contributed by atoms with Crippen LogP contribution in [0.2, 0.25) is 0 Å². The molecule has 0 unspecified atom stereocenters. The van der Waals surface area contributed by atoms with Gasteiger partial charge in [-0.1, -0.05) is 0 Å². The molecule has 0 aliphatic rings. The first-order valence-electron chi connectivity index (χ1n) is 6.69. The quantitative estimate of drug-likeness (QED) is 0.426. The number of aromatic amines is 2. The molecule has 0 aliphatic heterocycles. The van der Waals surface area contributed by atoms with E-state index in [1.54, 1.807) is 22.7 Å². The first-order valence-corrected chi connectivity index (χ1v) is 8.45. The van der Waals surface area contributed by atoms with E-state index in [-0.39, 0.29) is 11.1 Å². The van der Waals surface area contributed by atoms with Crippen LogP contribution in [0.4, 0.5) is 0 Å². The third-order valence-corrected chi connectivity index (χ3v) is 5.86. The molecule has 5 aromatic rings. The number of pyridine rings is 2. The third kappa shape index (κ3) is 1.45. The van der Waals surface area contributed by atoms with Crippen LogP contribution >= 0.6 is 22.7 Å². The van der Waals surface area contributed by atoms with Crippen molar-refractivity contribution < 1.29 is 0 Å². The Hall–Kier alpha value is -2.44. The number of fused-ring (bicyclic) bond motifs is 6. The lowest BCUT2D eigenvalue weighted by Crippen LogP contribution is -2.08. The van der Waals surface area contributed by atoms with Crippen molar-refractivity contribution in [1.82, 2.24) is 9.97 Å². The highest BCUT2D eigenvalue weighted by Crippen LogP contribution is 2.32. The monoisotopic (exact) mass is 324 g/mol. The summed E-state index contributed by atoms with van der Waals surface area (Å²) in [4.78, 5) is 30.5. The lowest BCUT2D eigenvalue weighted by Gasteiger charge is -2.04. The van der Waals surface area contributed by atoms with Crippen LogP contribution in [0.15, 0.2) is 44.6 Å². The molecule has 0 atom stereocenters. The van der Waals surface area contributed by atoms with Gasteiger partial charge in [0.15, 0.2) is 0 Å². The maximum absolute atomic E-state index is 12.4. The van der Waals surface area contributed by atoms with Crippen LogP contribution in [-0.2, 0) is 0 Å². The number of H-pyrrole nitrogens is 2. The van der Waals surface area contributed by atoms with Crippen LogP contribution in [0, 0.1) is 0 Å². The predicted molar refractivity (Wildman–Crippen MR) is 93.5 cm³/mol. The van der Waals surface area contributed by atoms with Crippen molar-refractivity contribution in [3.8, 4) is 0 Å². The molecule has 2 N–H and O–H groups in total. The zero-order valence-electron chi connectivity index (χ0n) is 11.1. The van der Waals surface area contributed by atoms with E-state index in [0.29, 0.717) is 10.8 Å². The Labute approximate surface area is 130 Å². The van der Waals surface area contributed by atoms with E-state index < -0.39 is 0 Å². The Balaban J connectivity index is 2.17. The number of hydrogen-bond acceptors (Lipinski definition) is 4. The van der Waals surface area contributed by atoms with Gasteiger partial charge in [0.2, 0.25) is 0 Å². The lowest BCUT2D eigenvalue weighted by atomic mass is 10.1. The van der Waals surface area contributed by atoms with Crippen LogP contribution in [0.25, 0.3) is 42.0 Å². The third-order valence-electron chi connectivity index (χ3n) is 3.96. The fourth-order valence-corrected chi connectivity index (χ4v) is 4.73. The summed E-state index contributed by atoms with van der Waals surface area (Å²) in [5.74, 6) is 0. The summed E-state index contributed by atoms with van der Waals surface area (Å²) >= 11 is 3.13. The highest BCUT2D eigenvalue weighted by atomic mass is 32.1. The smallest absolute Gasteiger partial charge is 0.256 e. The minimum absolute atomic E-state index is 0.118. The number of nitrogens with one attached hydrogen (secondary N) is 2. The number of benzene rings is 1. The maximum atomic E-state index is 12.4. The van der Waals surface area contributed by atoms with Crippen molar-refractivity contribution >= 4 is 64.7 Å². The second-order valence-corrected chi connectivity index (χ2v) is 7.01. The number of hydrogen-bond donors (Lipinski definition) is 2.